The largest absolute Gasteiger partial charge is 0.320 e. The molecule has 2 aromatic carbocycles. The van der Waals surface area contributed by atoms with Crippen LogP contribution in [-0.4, -0.2) is 0 Å². The molecule has 0 aliphatic carbocycles. The molecular weight excluding hydrogens is 232 g/mol. The summed E-state index contributed by atoms with van der Waals surface area (Å²) >= 11 is 0. The van der Waals surface area contributed by atoms with Crippen molar-refractivity contribution in [1.29, 1.82) is 0 Å². The molecule has 0 aliphatic heterocycles. The van der Waals surface area contributed by atoms with Gasteiger partial charge < -0.3 is 5.73 Å². The second kappa shape index (κ2) is 4.86. The lowest BCUT2D eigenvalue weighted by Gasteiger charge is -2.16. The molecular formula is C15H15F2N. The molecule has 0 saturated carbocycles. The first kappa shape index (κ1) is 12.7. The first-order valence-corrected chi connectivity index (χ1v) is 5.76. The van der Waals surface area contributed by atoms with Crippen LogP contribution < -0.4 is 5.73 Å². The molecule has 1 nitrogen and oxygen atoms in total. The van der Waals surface area contributed by atoms with Gasteiger partial charge in [0.1, 0.15) is 11.6 Å². The molecule has 0 bridgehead atoms. The third-order valence-electron chi connectivity index (χ3n) is 2.99. The van der Waals surface area contributed by atoms with Crippen LogP contribution >= 0.6 is 0 Å². The Morgan fingerprint density at radius 3 is 2.28 bits per heavy atom. The van der Waals surface area contributed by atoms with E-state index in [9.17, 15) is 8.78 Å². The summed E-state index contributed by atoms with van der Waals surface area (Å²) in [5.74, 6) is -0.598. The molecule has 2 N–H and O–H groups in total. The molecule has 3 heteroatoms. The number of rotatable bonds is 2. The Kier molecular flexibility index (Phi) is 3.43. The first-order valence-electron chi connectivity index (χ1n) is 5.76. The lowest BCUT2D eigenvalue weighted by atomic mass is 9.94. The number of benzene rings is 2. The standard InChI is InChI=1S/C15H15F2N/c1-9-5-11(8-13(17)6-9)15(18)14-4-3-12(16)7-10(14)2/h3-8,15H,18H2,1-2H3. The van der Waals surface area contributed by atoms with Crippen LogP contribution in [0.25, 0.3) is 0 Å². The van der Waals surface area contributed by atoms with Gasteiger partial charge in [-0.3, -0.25) is 0 Å². The van der Waals surface area contributed by atoms with Crippen molar-refractivity contribution in [1.82, 2.24) is 0 Å². The molecule has 0 radical (unpaired) electrons. The number of aryl methyl sites for hydroxylation is 2. The van der Waals surface area contributed by atoms with Gasteiger partial charge in [-0.25, -0.2) is 8.78 Å². The van der Waals surface area contributed by atoms with Crippen LogP contribution in [0.4, 0.5) is 8.78 Å². The average molecular weight is 247 g/mol. The van der Waals surface area contributed by atoms with Gasteiger partial charge in [0.25, 0.3) is 0 Å². The third kappa shape index (κ3) is 2.57. The molecule has 94 valence electrons. The summed E-state index contributed by atoms with van der Waals surface area (Å²) in [5, 5.41) is 0. The highest BCUT2D eigenvalue weighted by Crippen LogP contribution is 2.24. The summed E-state index contributed by atoms with van der Waals surface area (Å²) in [6, 6.07) is 8.72. The molecule has 2 rings (SSSR count). The van der Waals surface area contributed by atoms with Gasteiger partial charge in [-0.15, -0.1) is 0 Å². The topological polar surface area (TPSA) is 26.0 Å². The first-order chi connectivity index (χ1) is 8.47. The SMILES string of the molecule is Cc1cc(F)cc(C(N)c2ccc(F)cc2C)c1. The van der Waals surface area contributed by atoms with Crippen LogP contribution in [0.15, 0.2) is 36.4 Å². The zero-order chi connectivity index (χ0) is 13.3. The van der Waals surface area contributed by atoms with E-state index in [2.05, 4.69) is 0 Å². The van der Waals surface area contributed by atoms with Crippen molar-refractivity contribution in [2.75, 3.05) is 0 Å². The fourth-order valence-corrected chi connectivity index (χ4v) is 2.11. The van der Waals surface area contributed by atoms with Crippen molar-refractivity contribution in [3.63, 3.8) is 0 Å². The summed E-state index contributed by atoms with van der Waals surface area (Å²) < 4.78 is 26.4. The van der Waals surface area contributed by atoms with Crippen LogP contribution in [-0.2, 0) is 0 Å². The zero-order valence-electron chi connectivity index (χ0n) is 10.4. The van der Waals surface area contributed by atoms with E-state index in [4.69, 9.17) is 5.73 Å². The minimum Gasteiger partial charge on any atom is -0.320 e. The molecule has 0 spiro atoms. The van der Waals surface area contributed by atoms with E-state index in [1.54, 1.807) is 13.0 Å². The summed E-state index contributed by atoms with van der Waals surface area (Å²) in [6.45, 7) is 3.61. The molecule has 18 heavy (non-hydrogen) atoms. The number of halogens is 2. The molecule has 0 heterocycles. The summed E-state index contributed by atoms with van der Waals surface area (Å²) in [5.41, 5.74) is 9.21. The normalized spacial score (nSPS) is 12.5. The Hall–Kier alpha value is -1.74. The van der Waals surface area contributed by atoms with Crippen LogP contribution in [0.2, 0.25) is 0 Å². The Bertz CT molecular complexity index is 558. The molecule has 0 amide bonds. The number of hydrogen-bond acceptors (Lipinski definition) is 1. The van der Waals surface area contributed by atoms with Crippen molar-refractivity contribution in [2.24, 2.45) is 5.73 Å². The van der Waals surface area contributed by atoms with E-state index >= 15 is 0 Å². The second-order valence-corrected chi connectivity index (χ2v) is 4.54. The van der Waals surface area contributed by atoms with Gasteiger partial charge in [0, 0.05) is 0 Å². The van der Waals surface area contributed by atoms with Crippen molar-refractivity contribution in [3.05, 3.63) is 70.3 Å². The summed E-state index contributed by atoms with van der Waals surface area (Å²) in [4.78, 5) is 0. The predicted octanol–water partition coefficient (Wildman–Crippen LogP) is 3.63. The number of nitrogens with two attached hydrogens (primary N) is 1. The lowest BCUT2D eigenvalue weighted by molar-refractivity contribution is 0.619. The highest BCUT2D eigenvalue weighted by Gasteiger charge is 2.13. The molecule has 2 aromatic rings. The van der Waals surface area contributed by atoms with Gasteiger partial charge in [0.15, 0.2) is 0 Å². The van der Waals surface area contributed by atoms with Crippen LogP contribution in [0.5, 0.6) is 0 Å². The van der Waals surface area contributed by atoms with Gasteiger partial charge in [0.2, 0.25) is 0 Å². The van der Waals surface area contributed by atoms with Gasteiger partial charge in [-0.1, -0.05) is 12.1 Å². The van der Waals surface area contributed by atoms with Gasteiger partial charge in [-0.05, 0) is 60.4 Å². The Labute approximate surface area is 105 Å². The van der Waals surface area contributed by atoms with E-state index in [-0.39, 0.29) is 11.6 Å². The van der Waals surface area contributed by atoms with Gasteiger partial charge >= 0.3 is 0 Å². The summed E-state index contributed by atoms with van der Waals surface area (Å²) in [6.07, 6.45) is 0. The molecule has 0 fully saturated rings. The molecule has 0 aromatic heterocycles. The highest BCUT2D eigenvalue weighted by atomic mass is 19.1. The van der Waals surface area contributed by atoms with E-state index in [0.717, 1.165) is 16.7 Å². The van der Waals surface area contributed by atoms with Crippen molar-refractivity contribution >= 4 is 0 Å². The fraction of sp³-hybridized carbons (Fsp3) is 0.200. The Morgan fingerprint density at radius 1 is 0.944 bits per heavy atom. The Morgan fingerprint density at radius 2 is 1.67 bits per heavy atom. The van der Waals surface area contributed by atoms with Gasteiger partial charge in [0.05, 0.1) is 6.04 Å². The maximum atomic E-state index is 13.4. The molecule has 1 unspecified atom stereocenters. The second-order valence-electron chi connectivity index (χ2n) is 4.54. The predicted molar refractivity (Wildman–Crippen MR) is 68.3 cm³/mol. The summed E-state index contributed by atoms with van der Waals surface area (Å²) in [7, 11) is 0. The van der Waals surface area contributed by atoms with Crippen LogP contribution in [0, 0.1) is 25.5 Å². The maximum absolute atomic E-state index is 13.4. The zero-order valence-corrected chi connectivity index (χ0v) is 10.4. The van der Waals surface area contributed by atoms with E-state index in [1.807, 2.05) is 13.0 Å². The quantitative estimate of drug-likeness (QED) is 0.861. The molecule has 1 atom stereocenters. The van der Waals surface area contributed by atoms with Crippen LogP contribution in [0.1, 0.15) is 28.3 Å². The van der Waals surface area contributed by atoms with Gasteiger partial charge in [-0.2, -0.15) is 0 Å². The van der Waals surface area contributed by atoms with E-state index in [1.165, 1.54) is 24.3 Å². The minimum atomic E-state index is -0.444. The average Bonchev–Trinajstić information content (AvgIpc) is 2.26. The lowest BCUT2D eigenvalue weighted by Crippen LogP contribution is -2.14. The van der Waals surface area contributed by atoms with Crippen molar-refractivity contribution < 1.29 is 8.78 Å². The van der Waals surface area contributed by atoms with E-state index < -0.39 is 6.04 Å². The van der Waals surface area contributed by atoms with Crippen molar-refractivity contribution in [2.45, 2.75) is 19.9 Å². The monoisotopic (exact) mass is 247 g/mol. The highest BCUT2D eigenvalue weighted by molar-refractivity contribution is 5.38. The maximum Gasteiger partial charge on any atom is 0.123 e. The minimum absolute atomic E-state index is 0.293. The molecule has 0 saturated heterocycles. The van der Waals surface area contributed by atoms with E-state index in [0.29, 0.717) is 5.56 Å². The smallest absolute Gasteiger partial charge is 0.123 e. The van der Waals surface area contributed by atoms with Crippen molar-refractivity contribution in [3.8, 4) is 0 Å². The number of hydrogen-bond donors (Lipinski definition) is 1. The Balaban J connectivity index is 2.44. The molecule has 0 aliphatic rings. The fourth-order valence-electron chi connectivity index (χ4n) is 2.11. The van der Waals surface area contributed by atoms with Crippen LogP contribution in [0.3, 0.4) is 0 Å². The third-order valence-corrected chi connectivity index (χ3v) is 2.99.